The summed E-state index contributed by atoms with van der Waals surface area (Å²) in [5.74, 6) is -0.336. The van der Waals surface area contributed by atoms with E-state index in [-0.39, 0.29) is 17.0 Å². The van der Waals surface area contributed by atoms with E-state index in [0.29, 0.717) is 33.0 Å². The van der Waals surface area contributed by atoms with Gasteiger partial charge >= 0.3 is 0 Å². The van der Waals surface area contributed by atoms with Crippen LogP contribution in [0.2, 0.25) is 5.02 Å². The zero-order valence-electron chi connectivity index (χ0n) is 18.2. The van der Waals surface area contributed by atoms with Crippen molar-refractivity contribution in [2.75, 3.05) is 32.7 Å². The number of nitrogens with zero attached hydrogens (tertiary/aromatic N) is 4. The smallest absolute Gasteiger partial charge is 0.273 e. The van der Waals surface area contributed by atoms with Gasteiger partial charge in [0.05, 0.1) is 10.2 Å². The second-order valence-electron chi connectivity index (χ2n) is 7.66. The highest BCUT2D eigenvalue weighted by Crippen LogP contribution is 2.11. The zero-order valence-corrected chi connectivity index (χ0v) is 19.8. The van der Waals surface area contributed by atoms with Crippen molar-refractivity contribution < 1.29 is 4.79 Å². The predicted molar refractivity (Wildman–Crippen MR) is 132 cm³/mol. The minimum Gasteiger partial charge on any atom is -0.335 e. The first-order valence-corrected chi connectivity index (χ1v) is 11.9. The van der Waals surface area contributed by atoms with Gasteiger partial charge in [-0.15, -0.1) is 11.3 Å². The molecule has 2 aromatic carbocycles. The Hall–Kier alpha value is -3.18. The molecular weight excluding hydrogens is 456 g/mol. The van der Waals surface area contributed by atoms with Crippen molar-refractivity contribution in [2.45, 2.75) is 6.92 Å². The third-order valence-electron chi connectivity index (χ3n) is 5.65. The average Bonchev–Trinajstić information content (AvgIpc) is 3.16. The molecule has 0 spiro atoms. The summed E-state index contributed by atoms with van der Waals surface area (Å²) in [5.41, 5.74) is 1.14. The van der Waals surface area contributed by atoms with Crippen LogP contribution in [0.4, 0.5) is 0 Å². The highest BCUT2D eigenvalue weighted by molar-refractivity contribution is 7.07. The van der Waals surface area contributed by atoms with Crippen molar-refractivity contribution in [3.8, 4) is 11.8 Å². The van der Waals surface area contributed by atoms with Crippen molar-refractivity contribution in [2.24, 2.45) is 0 Å². The average molecular weight is 479 g/mol. The minimum absolute atomic E-state index is 0.0124. The third kappa shape index (κ3) is 4.93. The molecule has 3 aromatic rings. The van der Waals surface area contributed by atoms with E-state index < -0.39 is 0 Å². The van der Waals surface area contributed by atoms with Crippen LogP contribution in [-0.4, -0.2) is 53.0 Å². The molecule has 4 rings (SSSR count). The first-order valence-electron chi connectivity index (χ1n) is 10.7. The molecule has 1 saturated heterocycles. The van der Waals surface area contributed by atoms with Crippen LogP contribution in [0.1, 0.15) is 12.5 Å². The Morgan fingerprint density at radius 3 is 2.36 bits per heavy atom. The van der Waals surface area contributed by atoms with Crippen LogP contribution >= 0.6 is 22.9 Å². The maximum absolute atomic E-state index is 13.4. The Balaban J connectivity index is 1.89. The number of nitriles is 1. The van der Waals surface area contributed by atoms with E-state index >= 15 is 0 Å². The number of hydrogen-bond acceptors (Lipinski definition) is 5. The molecule has 2 heterocycles. The SMILES string of the molecule is CCN1CCN(C(=O)/C(C#N)=c2\s/c(=C/c3ccc(Cl)cc3)c(=O)n2-c2ccccc2)CC1. The fourth-order valence-electron chi connectivity index (χ4n) is 3.78. The van der Waals surface area contributed by atoms with Gasteiger partial charge in [-0.05, 0) is 42.4 Å². The Kier molecular flexibility index (Phi) is 7.09. The largest absolute Gasteiger partial charge is 0.335 e. The number of carbonyl (C=O) groups excluding carboxylic acids is 1. The monoisotopic (exact) mass is 478 g/mol. The molecule has 33 heavy (non-hydrogen) atoms. The van der Waals surface area contributed by atoms with Crippen LogP contribution in [0.3, 0.4) is 0 Å². The molecule has 0 saturated carbocycles. The lowest BCUT2D eigenvalue weighted by atomic mass is 10.2. The molecule has 1 aromatic heterocycles. The first-order chi connectivity index (χ1) is 16.0. The summed E-state index contributed by atoms with van der Waals surface area (Å²) in [5, 5.41) is 10.6. The number of rotatable bonds is 4. The topological polar surface area (TPSA) is 69.3 Å². The Labute approximate surface area is 200 Å². The fraction of sp³-hybridized carbons (Fsp3) is 0.240. The lowest BCUT2D eigenvalue weighted by Crippen LogP contribution is -2.49. The number of amides is 1. The number of carbonyl (C=O) groups is 1. The molecule has 0 radical (unpaired) electrons. The van der Waals surface area contributed by atoms with E-state index in [4.69, 9.17) is 11.6 Å². The summed E-state index contributed by atoms with van der Waals surface area (Å²) in [7, 11) is 0. The summed E-state index contributed by atoms with van der Waals surface area (Å²) in [4.78, 5) is 30.7. The molecule has 0 N–H and O–H groups in total. The summed E-state index contributed by atoms with van der Waals surface area (Å²) < 4.78 is 2.25. The van der Waals surface area contributed by atoms with Crippen LogP contribution in [-0.2, 0) is 4.79 Å². The van der Waals surface area contributed by atoms with Gasteiger partial charge in [0, 0.05) is 31.2 Å². The third-order valence-corrected chi connectivity index (χ3v) is 7.00. The van der Waals surface area contributed by atoms with Crippen LogP contribution in [0.15, 0.2) is 59.4 Å². The highest BCUT2D eigenvalue weighted by atomic mass is 35.5. The number of likely N-dealkylation sites (N-methyl/N-ethyl adjacent to an activating group) is 1. The number of piperazine rings is 1. The molecule has 0 aliphatic carbocycles. The van der Waals surface area contributed by atoms with E-state index in [1.165, 1.54) is 4.57 Å². The van der Waals surface area contributed by atoms with Crippen molar-refractivity contribution in [1.82, 2.24) is 14.4 Å². The van der Waals surface area contributed by atoms with Gasteiger partial charge in [0.2, 0.25) is 0 Å². The zero-order chi connectivity index (χ0) is 23.4. The molecule has 1 aliphatic heterocycles. The van der Waals surface area contributed by atoms with E-state index in [1.807, 2.05) is 30.3 Å². The molecule has 0 unspecified atom stereocenters. The van der Waals surface area contributed by atoms with Gasteiger partial charge in [-0.2, -0.15) is 5.26 Å². The molecule has 1 fully saturated rings. The molecule has 8 heteroatoms. The lowest BCUT2D eigenvalue weighted by Gasteiger charge is -2.33. The molecule has 0 bridgehead atoms. The number of para-hydroxylation sites is 1. The molecule has 1 aliphatic rings. The predicted octanol–water partition coefficient (Wildman–Crippen LogP) is 2.22. The van der Waals surface area contributed by atoms with E-state index in [0.717, 1.165) is 36.5 Å². The Morgan fingerprint density at radius 2 is 1.76 bits per heavy atom. The Bertz CT molecular complexity index is 1360. The van der Waals surface area contributed by atoms with Gasteiger partial charge in [0.1, 0.15) is 10.7 Å². The fourth-order valence-corrected chi connectivity index (χ4v) is 5.01. The van der Waals surface area contributed by atoms with Crippen molar-refractivity contribution in [3.63, 3.8) is 0 Å². The molecule has 6 nitrogen and oxygen atoms in total. The number of thiazole rings is 1. The summed E-state index contributed by atoms with van der Waals surface area (Å²) in [6.07, 6.45) is 1.76. The van der Waals surface area contributed by atoms with Crippen LogP contribution in [0.5, 0.6) is 0 Å². The van der Waals surface area contributed by atoms with Gasteiger partial charge in [-0.3, -0.25) is 14.2 Å². The van der Waals surface area contributed by atoms with Crippen molar-refractivity contribution >= 4 is 40.5 Å². The van der Waals surface area contributed by atoms with E-state index in [1.54, 1.807) is 35.2 Å². The number of halogens is 1. The number of hydrogen-bond donors (Lipinski definition) is 0. The van der Waals surface area contributed by atoms with Crippen LogP contribution < -0.4 is 14.8 Å². The Morgan fingerprint density at radius 1 is 1.09 bits per heavy atom. The molecule has 168 valence electrons. The van der Waals surface area contributed by atoms with Gasteiger partial charge in [0.25, 0.3) is 11.5 Å². The van der Waals surface area contributed by atoms with E-state index in [2.05, 4.69) is 17.9 Å². The quantitative estimate of drug-likeness (QED) is 0.576. The summed E-state index contributed by atoms with van der Waals surface area (Å²) in [6, 6.07) is 18.3. The number of benzene rings is 2. The van der Waals surface area contributed by atoms with Crippen LogP contribution in [0.25, 0.3) is 17.3 Å². The highest BCUT2D eigenvalue weighted by Gasteiger charge is 2.25. The molecule has 0 atom stereocenters. The van der Waals surface area contributed by atoms with Crippen molar-refractivity contribution in [3.05, 3.63) is 84.7 Å². The second-order valence-corrected chi connectivity index (χ2v) is 9.12. The molecular formula is C25H23ClN4O2S. The van der Waals surface area contributed by atoms with Crippen LogP contribution in [0, 0.1) is 11.3 Å². The number of aromatic nitrogens is 1. The lowest BCUT2D eigenvalue weighted by molar-refractivity contribution is -0.126. The molecule has 1 amide bonds. The van der Waals surface area contributed by atoms with Gasteiger partial charge in [-0.25, -0.2) is 0 Å². The maximum atomic E-state index is 13.4. The maximum Gasteiger partial charge on any atom is 0.273 e. The van der Waals surface area contributed by atoms with Crippen molar-refractivity contribution in [1.29, 1.82) is 5.26 Å². The second kappa shape index (κ2) is 10.2. The first kappa shape index (κ1) is 23.0. The van der Waals surface area contributed by atoms with E-state index in [9.17, 15) is 14.9 Å². The minimum atomic E-state index is -0.336. The van der Waals surface area contributed by atoms with Gasteiger partial charge in [0.15, 0.2) is 5.57 Å². The van der Waals surface area contributed by atoms with Gasteiger partial charge < -0.3 is 9.80 Å². The summed E-state index contributed by atoms with van der Waals surface area (Å²) in [6.45, 7) is 5.68. The summed E-state index contributed by atoms with van der Waals surface area (Å²) >= 11 is 7.14. The normalized spacial score (nSPS) is 15.9. The standard InChI is InChI=1S/C25H23ClN4O2S/c1-2-28-12-14-29(15-13-28)23(31)21(17-27)25-30(20-6-4-3-5-7-20)24(32)22(33-25)16-18-8-10-19(26)11-9-18/h3-11,16H,2,12-15H2,1H3/b22-16+,25-21-. The van der Waals surface area contributed by atoms with Gasteiger partial charge in [-0.1, -0.05) is 48.9 Å².